The van der Waals surface area contributed by atoms with Crippen molar-refractivity contribution in [3.63, 3.8) is 0 Å². The fraction of sp³-hybridized carbons (Fsp3) is 0.143. The maximum Gasteiger partial charge on any atom is 0.142 e. The molecule has 0 aliphatic carbocycles. The van der Waals surface area contributed by atoms with Crippen LogP contribution in [0.3, 0.4) is 0 Å². The minimum atomic E-state index is -0.936. The normalized spacial score (nSPS) is 12.3. The van der Waals surface area contributed by atoms with Crippen molar-refractivity contribution in [2.45, 2.75) is 6.04 Å². The number of rotatable bonds is 3. The summed E-state index contributed by atoms with van der Waals surface area (Å²) >= 11 is 3.09. The second-order valence-corrected chi connectivity index (χ2v) is 4.83. The Balaban J connectivity index is 2.56. The van der Waals surface area contributed by atoms with Gasteiger partial charge in [-0.3, -0.25) is 0 Å². The van der Waals surface area contributed by atoms with Crippen LogP contribution < -0.4 is 10.5 Å². The van der Waals surface area contributed by atoms with Crippen molar-refractivity contribution < 1.29 is 13.5 Å². The molecule has 19 heavy (non-hydrogen) atoms. The monoisotopic (exact) mass is 327 g/mol. The molecule has 0 fully saturated rings. The van der Waals surface area contributed by atoms with Gasteiger partial charge in [-0.25, -0.2) is 8.78 Å². The van der Waals surface area contributed by atoms with E-state index in [0.29, 0.717) is 5.75 Å². The molecule has 5 heteroatoms. The number of nitrogens with two attached hydrogens (primary N) is 1. The van der Waals surface area contributed by atoms with Crippen molar-refractivity contribution in [3.05, 3.63) is 63.6 Å². The molecule has 0 aliphatic rings. The third kappa shape index (κ3) is 2.62. The molecule has 0 aliphatic heterocycles. The molecule has 2 N–H and O–H groups in total. The first-order chi connectivity index (χ1) is 9.06. The number of ether oxygens (including phenoxy) is 1. The fourth-order valence-corrected chi connectivity index (χ4v) is 2.29. The van der Waals surface area contributed by atoms with E-state index in [4.69, 9.17) is 10.5 Å². The van der Waals surface area contributed by atoms with Crippen LogP contribution in [0, 0.1) is 11.6 Å². The summed E-state index contributed by atoms with van der Waals surface area (Å²) in [6.45, 7) is 0. The van der Waals surface area contributed by atoms with Gasteiger partial charge >= 0.3 is 0 Å². The van der Waals surface area contributed by atoms with Gasteiger partial charge in [-0.1, -0.05) is 18.2 Å². The van der Waals surface area contributed by atoms with Crippen LogP contribution in [0.15, 0.2) is 40.9 Å². The first-order valence-corrected chi connectivity index (χ1v) is 6.37. The highest BCUT2D eigenvalue weighted by atomic mass is 79.9. The Bertz CT molecular complexity index is 604. The van der Waals surface area contributed by atoms with Crippen molar-refractivity contribution >= 4 is 15.9 Å². The first kappa shape index (κ1) is 14.0. The summed E-state index contributed by atoms with van der Waals surface area (Å²) in [5, 5.41) is 0. The van der Waals surface area contributed by atoms with Gasteiger partial charge in [0.1, 0.15) is 17.4 Å². The number of halogens is 3. The SMILES string of the molecule is COc1cccc(F)c1C(N)c1cccc(Br)c1F. The van der Waals surface area contributed by atoms with Crippen LogP contribution in [0.5, 0.6) is 5.75 Å². The maximum atomic E-state index is 14.0. The van der Waals surface area contributed by atoms with Gasteiger partial charge in [0.15, 0.2) is 0 Å². The highest BCUT2D eigenvalue weighted by molar-refractivity contribution is 9.10. The highest BCUT2D eigenvalue weighted by Gasteiger charge is 2.22. The van der Waals surface area contributed by atoms with Crippen LogP contribution in [0.1, 0.15) is 17.2 Å². The van der Waals surface area contributed by atoms with E-state index in [1.807, 2.05) is 0 Å². The summed E-state index contributed by atoms with van der Waals surface area (Å²) < 4.78 is 33.3. The Hall–Kier alpha value is -1.46. The van der Waals surface area contributed by atoms with Crippen molar-refractivity contribution in [3.8, 4) is 5.75 Å². The third-order valence-electron chi connectivity index (χ3n) is 2.86. The smallest absolute Gasteiger partial charge is 0.142 e. The molecule has 0 heterocycles. The van der Waals surface area contributed by atoms with E-state index in [2.05, 4.69) is 15.9 Å². The third-order valence-corrected chi connectivity index (χ3v) is 3.47. The average molecular weight is 328 g/mol. The summed E-state index contributed by atoms with van der Waals surface area (Å²) in [6.07, 6.45) is 0. The van der Waals surface area contributed by atoms with E-state index in [-0.39, 0.29) is 15.6 Å². The van der Waals surface area contributed by atoms with Gasteiger partial charge in [0, 0.05) is 5.56 Å². The Labute approximate surface area is 118 Å². The molecule has 2 aromatic rings. The number of methoxy groups -OCH3 is 1. The molecule has 0 saturated carbocycles. The molecule has 0 radical (unpaired) electrons. The Morgan fingerprint density at radius 2 is 1.84 bits per heavy atom. The van der Waals surface area contributed by atoms with Crippen molar-refractivity contribution in [1.29, 1.82) is 0 Å². The Morgan fingerprint density at radius 1 is 1.16 bits per heavy atom. The minimum absolute atomic E-state index is 0.141. The molecule has 2 rings (SSSR count). The molecule has 2 aromatic carbocycles. The number of hydrogen-bond acceptors (Lipinski definition) is 2. The largest absolute Gasteiger partial charge is 0.496 e. The number of benzene rings is 2. The van der Waals surface area contributed by atoms with Crippen LogP contribution in [0.25, 0.3) is 0 Å². The van der Waals surface area contributed by atoms with Crippen LogP contribution in [-0.2, 0) is 0 Å². The molecule has 1 atom stereocenters. The molecule has 2 nitrogen and oxygen atoms in total. The summed E-state index contributed by atoms with van der Waals surface area (Å²) in [6, 6.07) is 8.17. The van der Waals surface area contributed by atoms with E-state index in [1.54, 1.807) is 18.2 Å². The second kappa shape index (κ2) is 5.67. The molecular formula is C14H12BrF2NO. The Kier molecular flexibility index (Phi) is 4.17. The van der Waals surface area contributed by atoms with Gasteiger partial charge in [-0.15, -0.1) is 0 Å². The molecule has 1 unspecified atom stereocenters. The van der Waals surface area contributed by atoms with Gasteiger partial charge in [0.2, 0.25) is 0 Å². The molecule has 100 valence electrons. The van der Waals surface area contributed by atoms with Crippen LogP contribution in [0.2, 0.25) is 0 Å². The Morgan fingerprint density at radius 3 is 2.53 bits per heavy atom. The van der Waals surface area contributed by atoms with Crippen LogP contribution >= 0.6 is 15.9 Å². The molecule has 0 bridgehead atoms. The lowest BCUT2D eigenvalue weighted by Gasteiger charge is -2.17. The summed E-state index contributed by atoms with van der Waals surface area (Å²) in [7, 11) is 1.42. The average Bonchev–Trinajstić information content (AvgIpc) is 2.40. The first-order valence-electron chi connectivity index (χ1n) is 5.58. The van der Waals surface area contributed by atoms with Gasteiger partial charge in [0.05, 0.1) is 23.2 Å². The standard InChI is InChI=1S/C14H12BrF2NO/c1-19-11-7-3-6-10(16)12(11)14(18)8-4-2-5-9(15)13(8)17/h2-7,14H,18H2,1H3. The lowest BCUT2D eigenvalue weighted by atomic mass is 9.97. The summed E-state index contributed by atoms with van der Waals surface area (Å²) in [5.41, 5.74) is 6.33. The maximum absolute atomic E-state index is 14.0. The number of hydrogen-bond donors (Lipinski definition) is 1. The quantitative estimate of drug-likeness (QED) is 0.931. The molecule has 0 saturated heterocycles. The topological polar surface area (TPSA) is 35.2 Å². The highest BCUT2D eigenvalue weighted by Crippen LogP contribution is 2.33. The van der Waals surface area contributed by atoms with E-state index in [1.165, 1.54) is 25.3 Å². The summed E-state index contributed by atoms with van der Waals surface area (Å²) in [5.74, 6) is -0.724. The van der Waals surface area contributed by atoms with Crippen molar-refractivity contribution in [1.82, 2.24) is 0 Å². The van der Waals surface area contributed by atoms with Gasteiger partial charge in [-0.05, 0) is 34.1 Å². The van der Waals surface area contributed by atoms with E-state index >= 15 is 0 Å². The molecule has 0 spiro atoms. The van der Waals surface area contributed by atoms with Gasteiger partial charge in [-0.2, -0.15) is 0 Å². The second-order valence-electron chi connectivity index (χ2n) is 3.98. The molecular weight excluding hydrogens is 316 g/mol. The van der Waals surface area contributed by atoms with Crippen molar-refractivity contribution in [2.75, 3.05) is 7.11 Å². The lowest BCUT2D eigenvalue weighted by Crippen LogP contribution is -2.16. The zero-order valence-electron chi connectivity index (χ0n) is 10.2. The minimum Gasteiger partial charge on any atom is -0.496 e. The molecule has 0 amide bonds. The predicted molar refractivity (Wildman–Crippen MR) is 73.1 cm³/mol. The zero-order chi connectivity index (χ0) is 14.0. The molecule has 0 aromatic heterocycles. The van der Waals surface area contributed by atoms with Crippen LogP contribution in [0.4, 0.5) is 8.78 Å². The van der Waals surface area contributed by atoms with Crippen molar-refractivity contribution in [2.24, 2.45) is 5.73 Å². The van der Waals surface area contributed by atoms with Gasteiger partial charge in [0.25, 0.3) is 0 Å². The zero-order valence-corrected chi connectivity index (χ0v) is 11.7. The van der Waals surface area contributed by atoms with Crippen LogP contribution in [-0.4, -0.2) is 7.11 Å². The van der Waals surface area contributed by atoms with Gasteiger partial charge < -0.3 is 10.5 Å². The van der Waals surface area contributed by atoms with E-state index in [9.17, 15) is 8.78 Å². The summed E-state index contributed by atoms with van der Waals surface area (Å²) in [4.78, 5) is 0. The predicted octanol–water partition coefficient (Wildman–Crippen LogP) is 3.78. The van der Waals surface area contributed by atoms with E-state index in [0.717, 1.165) is 0 Å². The van der Waals surface area contributed by atoms with E-state index < -0.39 is 17.7 Å². The lowest BCUT2D eigenvalue weighted by molar-refractivity contribution is 0.401. The fourth-order valence-electron chi connectivity index (χ4n) is 1.91.